The highest BCUT2D eigenvalue weighted by molar-refractivity contribution is 7.18. The van der Waals surface area contributed by atoms with Crippen LogP contribution >= 0.6 is 11.3 Å². The summed E-state index contributed by atoms with van der Waals surface area (Å²) in [5, 5.41) is 4.78. The average molecular weight is 290 g/mol. The van der Waals surface area contributed by atoms with Crippen LogP contribution in [0.5, 0.6) is 0 Å². The summed E-state index contributed by atoms with van der Waals surface area (Å²) in [4.78, 5) is 14.3. The Hall–Kier alpha value is -1.20. The predicted molar refractivity (Wildman–Crippen MR) is 85.9 cm³/mol. The van der Waals surface area contributed by atoms with E-state index in [9.17, 15) is 0 Å². The van der Waals surface area contributed by atoms with Crippen LogP contribution < -0.4 is 10.2 Å². The van der Waals surface area contributed by atoms with Gasteiger partial charge >= 0.3 is 0 Å². The molecule has 2 atom stereocenters. The number of piperazine rings is 1. The summed E-state index contributed by atoms with van der Waals surface area (Å²) in [6, 6.07) is 0.958. The number of nitrogens with one attached hydrogen (secondary N) is 1. The second kappa shape index (κ2) is 4.97. The molecule has 1 aliphatic rings. The highest BCUT2D eigenvalue weighted by atomic mass is 32.1. The molecule has 1 saturated heterocycles. The van der Waals surface area contributed by atoms with Gasteiger partial charge in [0.1, 0.15) is 16.5 Å². The normalized spacial score (nSPS) is 23.6. The van der Waals surface area contributed by atoms with Gasteiger partial charge in [-0.05, 0) is 40.2 Å². The molecule has 20 heavy (non-hydrogen) atoms. The lowest BCUT2D eigenvalue weighted by atomic mass is 10.1. The van der Waals surface area contributed by atoms with Crippen LogP contribution in [-0.2, 0) is 0 Å². The maximum atomic E-state index is 4.78. The van der Waals surface area contributed by atoms with E-state index in [1.165, 1.54) is 15.8 Å². The Bertz CT molecular complexity index is 649. The maximum absolute atomic E-state index is 4.78. The molecule has 3 rings (SSSR count). The standard InChI is InChI=1S/C15H22N4S/c1-8-7-19(9(2)6-16-8)14-13-10(3)11(4)20-15(13)18-12(5)17-14/h8-9,16H,6-7H2,1-5H3. The smallest absolute Gasteiger partial charge is 0.141 e. The molecular weight excluding hydrogens is 268 g/mol. The Morgan fingerprint density at radius 3 is 2.70 bits per heavy atom. The second-order valence-electron chi connectivity index (χ2n) is 5.87. The molecule has 2 aromatic heterocycles. The number of hydrogen-bond donors (Lipinski definition) is 1. The predicted octanol–water partition coefficient (Wildman–Crippen LogP) is 2.80. The number of aromatic nitrogens is 2. The Labute approximate surface area is 124 Å². The third-order valence-electron chi connectivity index (χ3n) is 4.16. The summed E-state index contributed by atoms with van der Waals surface area (Å²) in [6.07, 6.45) is 0. The number of anilines is 1. The maximum Gasteiger partial charge on any atom is 0.141 e. The molecule has 1 aliphatic heterocycles. The largest absolute Gasteiger partial charge is 0.350 e. The zero-order chi connectivity index (χ0) is 14.4. The molecule has 0 bridgehead atoms. The molecule has 0 amide bonds. The summed E-state index contributed by atoms with van der Waals surface area (Å²) >= 11 is 1.78. The van der Waals surface area contributed by atoms with Gasteiger partial charge in [0.05, 0.1) is 5.39 Å². The molecule has 0 radical (unpaired) electrons. The van der Waals surface area contributed by atoms with Gasteiger partial charge in [-0.3, -0.25) is 0 Å². The minimum absolute atomic E-state index is 0.461. The van der Waals surface area contributed by atoms with Crippen LogP contribution in [0.4, 0.5) is 5.82 Å². The van der Waals surface area contributed by atoms with E-state index in [1.54, 1.807) is 11.3 Å². The van der Waals surface area contributed by atoms with Crippen molar-refractivity contribution in [3.05, 3.63) is 16.3 Å². The van der Waals surface area contributed by atoms with Crippen molar-refractivity contribution in [2.75, 3.05) is 18.0 Å². The van der Waals surface area contributed by atoms with Crippen molar-refractivity contribution in [1.82, 2.24) is 15.3 Å². The van der Waals surface area contributed by atoms with Crippen molar-refractivity contribution in [2.45, 2.75) is 46.7 Å². The highest BCUT2D eigenvalue weighted by Crippen LogP contribution is 2.35. The first-order valence-electron chi connectivity index (χ1n) is 7.21. The van der Waals surface area contributed by atoms with Gasteiger partial charge in [-0.1, -0.05) is 0 Å². The minimum atomic E-state index is 0.461. The van der Waals surface area contributed by atoms with Crippen LogP contribution in [0.3, 0.4) is 0 Å². The molecule has 0 aliphatic carbocycles. The van der Waals surface area contributed by atoms with Crippen molar-refractivity contribution >= 4 is 27.4 Å². The van der Waals surface area contributed by atoms with Gasteiger partial charge in [0.15, 0.2) is 0 Å². The Morgan fingerprint density at radius 2 is 1.95 bits per heavy atom. The first-order chi connectivity index (χ1) is 9.47. The van der Waals surface area contributed by atoms with Crippen molar-refractivity contribution < 1.29 is 0 Å². The topological polar surface area (TPSA) is 41.1 Å². The van der Waals surface area contributed by atoms with Gasteiger partial charge < -0.3 is 10.2 Å². The van der Waals surface area contributed by atoms with Crippen molar-refractivity contribution in [3.63, 3.8) is 0 Å². The first-order valence-corrected chi connectivity index (χ1v) is 8.03. The van der Waals surface area contributed by atoms with Gasteiger partial charge in [-0.15, -0.1) is 11.3 Å². The van der Waals surface area contributed by atoms with Crippen LogP contribution in [0.15, 0.2) is 0 Å². The van der Waals surface area contributed by atoms with E-state index in [1.807, 2.05) is 6.92 Å². The van der Waals surface area contributed by atoms with E-state index in [2.05, 4.69) is 42.9 Å². The molecule has 1 N–H and O–H groups in total. The Morgan fingerprint density at radius 1 is 1.20 bits per heavy atom. The molecule has 3 heterocycles. The summed E-state index contributed by atoms with van der Waals surface area (Å²) in [7, 11) is 0. The first kappa shape index (κ1) is 13.8. The fourth-order valence-electron chi connectivity index (χ4n) is 2.86. The molecule has 2 unspecified atom stereocenters. The fourth-order valence-corrected chi connectivity index (χ4v) is 3.93. The van der Waals surface area contributed by atoms with Gasteiger partial charge in [-0.2, -0.15) is 0 Å². The summed E-state index contributed by atoms with van der Waals surface area (Å²) in [5.74, 6) is 1.99. The minimum Gasteiger partial charge on any atom is -0.350 e. The van der Waals surface area contributed by atoms with Gasteiger partial charge in [0, 0.05) is 30.1 Å². The summed E-state index contributed by atoms with van der Waals surface area (Å²) in [5.41, 5.74) is 1.33. The molecule has 0 saturated carbocycles. The zero-order valence-electron chi connectivity index (χ0n) is 12.8. The Kier molecular flexibility index (Phi) is 3.42. The van der Waals surface area contributed by atoms with E-state index in [4.69, 9.17) is 4.98 Å². The highest BCUT2D eigenvalue weighted by Gasteiger charge is 2.26. The SMILES string of the molecule is Cc1nc(N2CC(C)NCC2C)c2c(C)c(C)sc2n1. The van der Waals surface area contributed by atoms with Crippen LogP contribution in [0, 0.1) is 20.8 Å². The lowest BCUT2D eigenvalue weighted by Crippen LogP contribution is -2.54. The average Bonchev–Trinajstić information content (AvgIpc) is 2.67. The number of thiophene rings is 1. The third kappa shape index (κ3) is 2.19. The Balaban J connectivity index is 2.19. The van der Waals surface area contributed by atoms with Crippen LogP contribution in [0.2, 0.25) is 0 Å². The van der Waals surface area contributed by atoms with Crippen LogP contribution in [0.25, 0.3) is 10.2 Å². The fraction of sp³-hybridized carbons (Fsp3) is 0.600. The van der Waals surface area contributed by atoms with E-state index >= 15 is 0 Å². The molecule has 4 nitrogen and oxygen atoms in total. The van der Waals surface area contributed by atoms with E-state index < -0.39 is 0 Å². The number of fused-ring (bicyclic) bond motifs is 1. The number of hydrogen-bond acceptors (Lipinski definition) is 5. The van der Waals surface area contributed by atoms with E-state index in [0.717, 1.165) is 29.6 Å². The second-order valence-corrected chi connectivity index (χ2v) is 7.07. The zero-order valence-corrected chi connectivity index (χ0v) is 13.6. The molecule has 1 fully saturated rings. The van der Waals surface area contributed by atoms with Crippen LogP contribution in [0.1, 0.15) is 30.1 Å². The summed E-state index contributed by atoms with van der Waals surface area (Å²) < 4.78 is 0. The molecule has 108 valence electrons. The van der Waals surface area contributed by atoms with Crippen molar-refractivity contribution in [2.24, 2.45) is 0 Å². The number of aryl methyl sites for hydroxylation is 3. The molecule has 0 aromatic carbocycles. The van der Waals surface area contributed by atoms with Crippen molar-refractivity contribution in [3.8, 4) is 0 Å². The van der Waals surface area contributed by atoms with Crippen molar-refractivity contribution in [1.29, 1.82) is 0 Å². The van der Waals surface area contributed by atoms with Gasteiger partial charge in [0.25, 0.3) is 0 Å². The van der Waals surface area contributed by atoms with Gasteiger partial charge in [-0.25, -0.2) is 9.97 Å². The van der Waals surface area contributed by atoms with Crippen LogP contribution in [-0.4, -0.2) is 35.1 Å². The lowest BCUT2D eigenvalue weighted by Gasteiger charge is -2.38. The molecule has 5 heteroatoms. The monoisotopic (exact) mass is 290 g/mol. The lowest BCUT2D eigenvalue weighted by molar-refractivity contribution is 0.423. The van der Waals surface area contributed by atoms with E-state index in [0.29, 0.717) is 12.1 Å². The quantitative estimate of drug-likeness (QED) is 0.877. The molecular formula is C15H22N4S. The van der Waals surface area contributed by atoms with Gasteiger partial charge in [0.2, 0.25) is 0 Å². The number of nitrogens with zero attached hydrogens (tertiary/aromatic N) is 3. The number of rotatable bonds is 1. The van der Waals surface area contributed by atoms with E-state index in [-0.39, 0.29) is 0 Å². The molecule has 2 aromatic rings. The summed E-state index contributed by atoms with van der Waals surface area (Å²) in [6.45, 7) is 12.8. The molecule has 0 spiro atoms. The third-order valence-corrected chi connectivity index (χ3v) is 5.26.